The van der Waals surface area contributed by atoms with Gasteiger partial charge in [0.1, 0.15) is 12.3 Å². The van der Waals surface area contributed by atoms with Crippen molar-refractivity contribution in [2.75, 3.05) is 14.2 Å². The Balaban J connectivity index is 1.70. The van der Waals surface area contributed by atoms with Crippen LogP contribution in [0.25, 0.3) is 32.4 Å². The minimum Gasteiger partial charge on any atom is -0.497 e. The fraction of sp³-hybridized carbons (Fsp3) is 0.111. The molecular formula is C27H21N3O4S. The first-order valence-electron chi connectivity index (χ1n) is 10.9. The third-order valence-electron chi connectivity index (χ3n) is 5.62. The standard InChI is InChI=1S/C27H21N3O4S/c1-33-18-12-13-23-24(14-18)35-27(30(23)16-25(31)34-2)29-26(32)20-15-22(17-8-4-3-5-9-17)28-21-11-7-6-10-19(20)21/h3-15H,16H2,1-2H3. The summed E-state index contributed by atoms with van der Waals surface area (Å²) in [5.41, 5.74) is 3.50. The van der Waals surface area contributed by atoms with E-state index in [1.54, 1.807) is 23.8 Å². The summed E-state index contributed by atoms with van der Waals surface area (Å²) >= 11 is 1.31. The smallest absolute Gasteiger partial charge is 0.325 e. The third-order valence-corrected chi connectivity index (χ3v) is 6.66. The summed E-state index contributed by atoms with van der Waals surface area (Å²) in [7, 11) is 2.92. The highest BCUT2D eigenvalue weighted by atomic mass is 32.1. The molecule has 174 valence electrons. The van der Waals surface area contributed by atoms with Crippen LogP contribution in [-0.4, -0.2) is 35.6 Å². The van der Waals surface area contributed by atoms with E-state index in [2.05, 4.69) is 4.99 Å². The van der Waals surface area contributed by atoms with Crippen LogP contribution >= 0.6 is 11.3 Å². The summed E-state index contributed by atoms with van der Waals surface area (Å²) in [6.07, 6.45) is 0. The van der Waals surface area contributed by atoms with Crippen molar-refractivity contribution in [3.63, 3.8) is 0 Å². The Labute approximate surface area is 204 Å². The third kappa shape index (κ3) is 4.43. The van der Waals surface area contributed by atoms with Gasteiger partial charge in [0.25, 0.3) is 5.91 Å². The Morgan fingerprint density at radius 1 is 0.971 bits per heavy atom. The molecule has 0 saturated carbocycles. The number of methoxy groups -OCH3 is 2. The molecule has 0 saturated heterocycles. The maximum Gasteiger partial charge on any atom is 0.325 e. The second-order valence-electron chi connectivity index (χ2n) is 7.74. The van der Waals surface area contributed by atoms with Crippen LogP contribution in [0.5, 0.6) is 5.75 Å². The number of amides is 1. The van der Waals surface area contributed by atoms with Gasteiger partial charge in [-0.05, 0) is 30.3 Å². The van der Waals surface area contributed by atoms with Crippen LogP contribution in [0.1, 0.15) is 10.4 Å². The van der Waals surface area contributed by atoms with Crippen LogP contribution in [0.3, 0.4) is 0 Å². The average Bonchev–Trinajstić information content (AvgIpc) is 3.23. The molecule has 0 atom stereocenters. The lowest BCUT2D eigenvalue weighted by Crippen LogP contribution is -2.22. The molecule has 3 aromatic carbocycles. The fourth-order valence-corrected chi connectivity index (χ4v) is 4.92. The van der Waals surface area contributed by atoms with E-state index < -0.39 is 11.9 Å². The molecule has 0 unspecified atom stereocenters. The van der Waals surface area contributed by atoms with Crippen molar-refractivity contribution < 1.29 is 19.1 Å². The number of hydrogen-bond acceptors (Lipinski definition) is 6. The summed E-state index contributed by atoms with van der Waals surface area (Å²) in [6.45, 7) is -0.0682. The number of aromatic nitrogens is 2. The Morgan fingerprint density at radius 3 is 2.51 bits per heavy atom. The molecule has 5 aromatic rings. The van der Waals surface area contributed by atoms with Crippen LogP contribution in [0, 0.1) is 0 Å². The SMILES string of the molecule is COC(=O)Cn1c(=NC(=O)c2cc(-c3ccccc3)nc3ccccc23)sc2cc(OC)ccc21. The number of carbonyl (C=O) groups excluding carboxylic acids is 2. The molecule has 35 heavy (non-hydrogen) atoms. The van der Waals surface area contributed by atoms with Gasteiger partial charge in [-0.15, -0.1) is 0 Å². The van der Waals surface area contributed by atoms with Crippen molar-refractivity contribution in [2.24, 2.45) is 4.99 Å². The number of thiazole rings is 1. The number of fused-ring (bicyclic) bond motifs is 2. The zero-order chi connectivity index (χ0) is 24.4. The Kier molecular flexibility index (Phi) is 6.12. The van der Waals surface area contributed by atoms with E-state index in [-0.39, 0.29) is 6.54 Å². The average molecular weight is 484 g/mol. The van der Waals surface area contributed by atoms with E-state index in [0.29, 0.717) is 32.7 Å². The quantitative estimate of drug-likeness (QED) is 0.334. The van der Waals surface area contributed by atoms with E-state index in [0.717, 1.165) is 15.8 Å². The first-order valence-corrected chi connectivity index (χ1v) is 11.7. The first-order chi connectivity index (χ1) is 17.1. The van der Waals surface area contributed by atoms with Gasteiger partial charge in [-0.1, -0.05) is 59.9 Å². The van der Waals surface area contributed by atoms with Gasteiger partial charge < -0.3 is 14.0 Å². The molecule has 0 spiro atoms. The van der Waals surface area contributed by atoms with E-state index in [9.17, 15) is 9.59 Å². The van der Waals surface area contributed by atoms with Crippen LogP contribution in [0.4, 0.5) is 0 Å². The van der Waals surface area contributed by atoms with Gasteiger partial charge >= 0.3 is 5.97 Å². The van der Waals surface area contributed by atoms with E-state index in [1.165, 1.54) is 18.4 Å². The monoisotopic (exact) mass is 483 g/mol. The Hall–Kier alpha value is -4.30. The lowest BCUT2D eigenvalue weighted by atomic mass is 10.0. The topological polar surface area (TPSA) is 82.8 Å². The summed E-state index contributed by atoms with van der Waals surface area (Å²) in [4.78, 5) is 35.3. The maximum absolute atomic E-state index is 13.6. The molecule has 0 N–H and O–H groups in total. The molecule has 2 aromatic heterocycles. The molecule has 1 amide bonds. The van der Waals surface area contributed by atoms with Crippen molar-refractivity contribution >= 4 is 44.3 Å². The predicted molar refractivity (Wildman–Crippen MR) is 135 cm³/mol. The van der Waals surface area contributed by atoms with Gasteiger partial charge in [0.05, 0.1) is 41.2 Å². The number of hydrogen-bond donors (Lipinski definition) is 0. The number of para-hydroxylation sites is 1. The first kappa shape index (κ1) is 22.5. The molecule has 5 rings (SSSR count). The number of carbonyl (C=O) groups is 2. The van der Waals surface area contributed by atoms with E-state index in [1.807, 2.05) is 66.7 Å². The molecule has 0 fully saturated rings. The Bertz CT molecular complexity index is 1640. The van der Waals surface area contributed by atoms with Gasteiger partial charge in [-0.2, -0.15) is 4.99 Å². The molecule has 0 radical (unpaired) electrons. The minimum absolute atomic E-state index is 0.0682. The van der Waals surface area contributed by atoms with E-state index >= 15 is 0 Å². The van der Waals surface area contributed by atoms with Crippen molar-refractivity contribution in [3.8, 4) is 17.0 Å². The van der Waals surface area contributed by atoms with Crippen molar-refractivity contribution in [1.29, 1.82) is 0 Å². The number of ether oxygens (including phenoxy) is 2. The number of esters is 1. The second kappa shape index (κ2) is 9.52. The number of pyridine rings is 1. The van der Waals surface area contributed by atoms with Gasteiger partial charge in [0.15, 0.2) is 4.80 Å². The predicted octanol–water partition coefficient (Wildman–Crippen LogP) is 4.84. The maximum atomic E-state index is 13.6. The van der Waals surface area contributed by atoms with Crippen molar-refractivity contribution in [3.05, 3.63) is 89.2 Å². The lowest BCUT2D eigenvalue weighted by Gasteiger charge is -2.08. The zero-order valence-corrected chi connectivity index (χ0v) is 19.9. The molecular weight excluding hydrogens is 462 g/mol. The normalized spacial score (nSPS) is 11.7. The largest absolute Gasteiger partial charge is 0.497 e. The van der Waals surface area contributed by atoms with Crippen LogP contribution < -0.4 is 9.54 Å². The van der Waals surface area contributed by atoms with Crippen LogP contribution in [0.2, 0.25) is 0 Å². The van der Waals surface area contributed by atoms with Gasteiger partial charge in [0, 0.05) is 10.9 Å². The Morgan fingerprint density at radius 2 is 1.74 bits per heavy atom. The number of nitrogens with zero attached hydrogens (tertiary/aromatic N) is 3. The van der Waals surface area contributed by atoms with Crippen LogP contribution in [0.15, 0.2) is 83.9 Å². The fourth-order valence-electron chi connectivity index (χ4n) is 3.87. The molecule has 2 heterocycles. The van der Waals surface area contributed by atoms with Gasteiger partial charge in [-0.25, -0.2) is 4.98 Å². The van der Waals surface area contributed by atoms with Crippen LogP contribution in [-0.2, 0) is 16.1 Å². The van der Waals surface area contributed by atoms with Crippen molar-refractivity contribution in [2.45, 2.75) is 6.54 Å². The van der Waals surface area contributed by atoms with Crippen molar-refractivity contribution in [1.82, 2.24) is 9.55 Å². The lowest BCUT2D eigenvalue weighted by molar-refractivity contribution is -0.141. The highest BCUT2D eigenvalue weighted by Crippen LogP contribution is 2.26. The van der Waals surface area contributed by atoms with E-state index in [4.69, 9.17) is 14.5 Å². The minimum atomic E-state index is -0.435. The number of benzene rings is 3. The highest BCUT2D eigenvalue weighted by Gasteiger charge is 2.16. The van der Waals surface area contributed by atoms with Gasteiger partial charge in [-0.3, -0.25) is 9.59 Å². The molecule has 0 aliphatic carbocycles. The molecule has 0 bridgehead atoms. The molecule has 8 heteroatoms. The molecule has 0 aliphatic rings. The summed E-state index contributed by atoms with van der Waals surface area (Å²) in [6, 6.07) is 24.4. The summed E-state index contributed by atoms with van der Waals surface area (Å²) in [5, 5.41) is 0.711. The van der Waals surface area contributed by atoms with Gasteiger partial charge in [0.2, 0.25) is 0 Å². The highest BCUT2D eigenvalue weighted by molar-refractivity contribution is 7.16. The second-order valence-corrected chi connectivity index (χ2v) is 8.74. The number of rotatable bonds is 5. The summed E-state index contributed by atoms with van der Waals surface area (Å²) < 4.78 is 12.7. The zero-order valence-electron chi connectivity index (χ0n) is 19.1. The summed E-state index contributed by atoms with van der Waals surface area (Å²) in [5.74, 6) is -0.178. The molecule has 0 aliphatic heterocycles. The molecule has 7 nitrogen and oxygen atoms in total.